The van der Waals surface area contributed by atoms with Gasteiger partial charge in [-0.15, -0.1) is 0 Å². The van der Waals surface area contributed by atoms with Gasteiger partial charge in [-0.1, -0.05) is 24.3 Å². The second-order valence-corrected chi connectivity index (χ2v) is 7.39. The van der Waals surface area contributed by atoms with Crippen molar-refractivity contribution in [3.8, 4) is 0 Å². The van der Waals surface area contributed by atoms with Gasteiger partial charge in [0.2, 0.25) is 0 Å². The zero-order valence-electron chi connectivity index (χ0n) is 14.7. The average Bonchev–Trinajstić information content (AvgIpc) is 2.85. The molecular formula is C20H23N3O3. The SMILES string of the molecule is Cc1ccc(C(=O)N2CCC3(CC2)c2ccccc2[C@@H](N)[C@@H]3O)c(=O)[nH]1. The van der Waals surface area contributed by atoms with Crippen LogP contribution in [0, 0.1) is 6.92 Å². The number of aryl methyl sites for hydroxylation is 1. The highest BCUT2D eigenvalue weighted by Gasteiger charge is 2.51. The maximum atomic E-state index is 12.7. The van der Waals surface area contributed by atoms with Crippen LogP contribution in [-0.2, 0) is 5.41 Å². The maximum Gasteiger partial charge on any atom is 0.260 e. The van der Waals surface area contributed by atoms with E-state index in [9.17, 15) is 14.7 Å². The fraction of sp³-hybridized carbons (Fsp3) is 0.400. The molecule has 4 N–H and O–H groups in total. The maximum absolute atomic E-state index is 12.7. The van der Waals surface area contributed by atoms with Gasteiger partial charge in [0.25, 0.3) is 11.5 Å². The molecule has 136 valence electrons. The lowest BCUT2D eigenvalue weighted by atomic mass is 9.72. The van der Waals surface area contributed by atoms with E-state index >= 15 is 0 Å². The Labute approximate surface area is 151 Å². The number of fused-ring (bicyclic) bond motifs is 2. The van der Waals surface area contributed by atoms with E-state index in [1.54, 1.807) is 24.0 Å². The number of aromatic amines is 1. The number of H-pyrrole nitrogens is 1. The Hall–Kier alpha value is -2.44. The topological polar surface area (TPSA) is 99.4 Å². The second-order valence-electron chi connectivity index (χ2n) is 7.39. The molecule has 0 bridgehead atoms. The molecule has 1 fully saturated rings. The molecule has 6 heteroatoms. The second kappa shape index (κ2) is 6.07. The van der Waals surface area contributed by atoms with Gasteiger partial charge >= 0.3 is 0 Å². The van der Waals surface area contributed by atoms with Gasteiger partial charge in [-0.25, -0.2) is 0 Å². The number of nitrogens with one attached hydrogen (secondary N) is 1. The number of hydrogen-bond acceptors (Lipinski definition) is 4. The number of aliphatic hydroxyl groups excluding tert-OH is 1. The molecule has 1 aromatic carbocycles. The van der Waals surface area contributed by atoms with Crippen molar-refractivity contribution in [3.05, 3.63) is 69.1 Å². The number of carbonyl (C=O) groups is 1. The summed E-state index contributed by atoms with van der Waals surface area (Å²) in [7, 11) is 0. The molecule has 4 rings (SSSR count). The van der Waals surface area contributed by atoms with E-state index in [1.165, 1.54) is 0 Å². The number of nitrogens with two attached hydrogens (primary N) is 1. The first-order chi connectivity index (χ1) is 12.4. The molecule has 1 saturated heterocycles. The summed E-state index contributed by atoms with van der Waals surface area (Å²) < 4.78 is 0. The minimum absolute atomic E-state index is 0.163. The molecule has 0 unspecified atom stereocenters. The lowest BCUT2D eigenvalue weighted by molar-refractivity contribution is 0.0262. The third-order valence-corrected chi connectivity index (χ3v) is 5.99. The van der Waals surface area contributed by atoms with Gasteiger partial charge in [-0.3, -0.25) is 9.59 Å². The van der Waals surface area contributed by atoms with E-state index in [4.69, 9.17) is 5.73 Å². The number of pyridine rings is 1. The van der Waals surface area contributed by atoms with Crippen molar-refractivity contribution in [1.82, 2.24) is 9.88 Å². The molecule has 26 heavy (non-hydrogen) atoms. The summed E-state index contributed by atoms with van der Waals surface area (Å²) in [6, 6.07) is 10.8. The number of aliphatic hydroxyl groups is 1. The minimum Gasteiger partial charge on any atom is -0.390 e. The molecule has 1 aliphatic carbocycles. The van der Waals surface area contributed by atoms with Crippen LogP contribution in [0.2, 0.25) is 0 Å². The van der Waals surface area contributed by atoms with E-state index in [0.29, 0.717) is 25.9 Å². The Morgan fingerprint density at radius 3 is 2.62 bits per heavy atom. The highest BCUT2D eigenvalue weighted by Crippen LogP contribution is 2.50. The molecule has 0 saturated carbocycles. The van der Waals surface area contributed by atoms with Crippen molar-refractivity contribution in [3.63, 3.8) is 0 Å². The number of piperidine rings is 1. The Bertz CT molecular complexity index is 913. The Morgan fingerprint density at radius 1 is 1.23 bits per heavy atom. The van der Waals surface area contributed by atoms with Crippen LogP contribution in [0.4, 0.5) is 0 Å². The van der Waals surface area contributed by atoms with Crippen LogP contribution < -0.4 is 11.3 Å². The quantitative estimate of drug-likeness (QED) is 0.718. The van der Waals surface area contributed by atoms with Crippen LogP contribution >= 0.6 is 0 Å². The highest BCUT2D eigenvalue weighted by atomic mass is 16.3. The number of rotatable bonds is 1. The third-order valence-electron chi connectivity index (χ3n) is 5.99. The van der Waals surface area contributed by atoms with Crippen molar-refractivity contribution in [2.24, 2.45) is 5.73 Å². The van der Waals surface area contributed by atoms with Crippen LogP contribution in [0.1, 0.15) is 46.1 Å². The lowest BCUT2D eigenvalue weighted by Gasteiger charge is -2.42. The van der Waals surface area contributed by atoms with E-state index in [1.807, 2.05) is 24.3 Å². The summed E-state index contributed by atoms with van der Waals surface area (Å²) in [5, 5.41) is 10.8. The number of likely N-dealkylation sites (tertiary alicyclic amines) is 1. The van der Waals surface area contributed by atoms with Gasteiger partial charge in [0.15, 0.2) is 0 Å². The van der Waals surface area contributed by atoms with Gasteiger partial charge in [0, 0.05) is 24.2 Å². The number of aromatic nitrogens is 1. The fourth-order valence-corrected chi connectivity index (χ4v) is 4.50. The normalized spacial score (nSPS) is 23.9. The molecule has 0 radical (unpaired) electrons. The number of benzene rings is 1. The molecule has 2 atom stereocenters. The molecule has 6 nitrogen and oxygen atoms in total. The average molecular weight is 353 g/mol. The van der Waals surface area contributed by atoms with E-state index < -0.39 is 17.6 Å². The van der Waals surface area contributed by atoms with Crippen LogP contribution in [0.5, 0.6) is 0 Å². The van der Waals surface area contributed by atoms with Crippen LogP contribution in [0.25, 0.3) is 0 Å². The molecule has 2 aliphatic rings. The molecule has 2 aromatic rings. The first kappa shape index (κ1) is 17.0. The van der Waals surface area contributed by atoms with Crippen LogP contribution in [0.15, 0.2) is 41.2 Å². The standard InChI is InChI=1S/C20H23N3O3/c1-12-6-7-14(18(25)22-12)19(26)23-10-8-20(9-11-23)15-5-3-2-4-13(15)16(21)17(20)24/h2-7,16-17,24H,8-11,21H2,1H3,(H,22,25)/t16-,17+/m1/s1. The summed E-state index contributed by atoms with van der Waals surface area (Å²) >= 11 is 0. The zero-order chi connectivity index (χ0) is 18.5. The number of nitrogens with zero attached hydrogens (tertiary/aromatic N) is 1. The van der Waals surface area contributed by atoms with Gasteiger partial charge < -0.3 is 20.7 Å². The first-order valence-corrected chi connectivity index (χ1v) is 8.96. The van der Waals surface area contributed by atoms with Gasteiger partial charge in [0.05, 0.1) is 12.1 Å². The summed E-state index contributed by atoms with van der Waals surface area (Å²) in [6.07, 6.45) is 0.614. The van der Waals surface area contributed by atoms with E-state index in [2.05, 4.69) is 4.98 Å². The summed E-state index contributed by atoms with van der Waals surface area (Å²) in [4.78, 5) is 29.2. The zero-order valence-corrected chi connectivity index (χ0v) is 14.7. The summed E-state index contributed by atoms with van der Waals surface area (Å²) in [5.41, 5.74) is 8.45. The van der Waals surface area contributed by atoms with Crippen LogP contribution in [0.3, 0.4) is 0 Å². The Balaban J connectivity index is 1.58. The molecule has 1 spiro atoms. The van der Waals surface area contributed by atoms with Crippen molar-refractivity contribution >= 4 is 5.91 Å². The predicted octanol–water partition coefficient (Wildman–Crippen LogP) is 1.23. The first-order valence-electron chi connectivity index (χ1n) is 8.96. The molecular weight excluding hydrogens is 330 g/mol. The molecule has 1 aliphatic heterocycles. The van der Waals surface area contributed by atoms with Crippen molar-refractivity contribution < 1.29 is 9.90 Å². The monoisotopic (exact) mass is 353 g/mol. The fourth-order valence-electron chi connectivity index (χ4n) is 4.50. The highest BCUT2D eigenvalue weighted by molar-refractivity contribution is 5.94. The molecule has 1 amide bonds. The van der Waals surface area contributed by atoms with Gasteiger partial charge in [0.1, 0.15) is 5.56 Å². The minimum atomic E-state index is -0.653. The van der Waals surface area contributed by atoms with Crippen molar-refractivity contribution in [2.45, 2.75) is 37.3 Å². The summed E-state index contributed by atoms with van der Waals surface area (Å²) in [5.74, 6) is -0.258. The number of hydrogen-bond donors (Lipinski definition) is 3. The third kappa shape index (κ3) is 2.40. The Kier molecular flexibility index (Phi) is 3.97. The van der Waals surface area contributed by atoms with Gasteiger partial charge in [-0.2, -0.15) is 0 Å². The molecule has 1 aromatic heterocycles. The predicted molar refractivity (Wildman–Crippen MR) is 98.0 cm³/mol. The molecule has 2 heterocycles. The van der Waals surface area contributed by atoms with Crippen LogP contribution in [-0.4, -0.2) is 40.1 Å². The lowest BCUT2D eigenvalue weighted by Crippen LogP contribution is -2.50. The van der Waals surface area contributed by atoms with E-state index in [-0.39, 0.29) is 17.0 Å². The van der Waals surface area contributed by atoms with E-state index in [0.717, 1.165) is 16.8 Å². The number of amides is 1. The van der Waals surface area contributed by atoms with Gasteiger partial charge in [-0.05, 0) is 43.0 Å². The smallest absolute Gasteiger partial charge is 0.260 e. The van der Waals surface area contributed by atoms with Crippen molar-refractivity contribution in [2.75, 3.05) is 13.1 Å². The summed E-state index contributed by atoms with van der Waals surface area (Å²) in [6.45, 7) is 2.76. The number of carbonyl (C=O) groups excluding carboxylic acids is 1. The van der Waals surface area contributed by atoms with Crippen molar-refractivity contribution in [1.29, 1.82) is 0 Å². The Morgan fingerprint density at radius 2 is 1.92 bits per heavy atom. The largest absolute Gasteiger partial charge is 0.390 e.